The normalized spacial score (nSPS) is 12.6. The molecule has 0 aliphatic heterocycles. The molecule has 0 amide bonds. The molecule has 1 atom stereocenters. The summed E-state index contributed by atoms with van der Waals surface area (Å²) in [7, 11) is 3.45. The van der Waals surface area contributed by atoms with Crippen molar-refractivity contribution in [1.29, 1.82) is 0 Å². The summed E-state index contributed by atoms with van der Waals surface area (Å²) < 4.78 is 6.86. The van der Waals surface area contributed by atoms with Crippen molar-refractivity contribution in [2.24, 2.45) is 0 Å². The van der Waals surface area contributed by atoms with Crippen LogP contribution in [0, 0.1) is 0 Å². The van der Waals surface area contributed by atoms with Crippen LogP contribution in [0.15, 0.2) is 18.6 Å². The second-order valence-electron chi connectivity index (χ2n) is 4.63. The monoisotopic (exact) mass is 279 g/mol. The zero-order chi connectivity index (χ0) is 14.5. The van der Waals surface area contributed by atoms with Gasteiger partial charge in [0.05, 0.1) is 18.9 Å². The predicted molar refractivity (Wildman–Crippen MR) is 78.3 cm³/mol. The summed E-state index contributed by atoms with van der Waals surface area (Å²) in [6, 6.07) is 0. The maximum absolute atomic E-state index is 9.84. The Hall–Kier alpha value is -1.86. The van der Waals surface area contributed by atoms with Gasteiger partial charge in [-0.1, -0.05) is 0 Å². The number of likely N-dealkylation sites (N-methyl/N-ethyl adjacent to an activating group) is 1. The highest BCUT2D eigenvalue weighted by atomic mass is 16.5. The lowest BCUT2D eigenvalue weighted by Crippen LogP contribution is -2.32. The average molecular weight is 279 g/mol. The van der Waals surface area contributed by atoms with Gasteiger partial charge in [0.25, 0.3) is 0 Å². The molecule has 2 aromatic rings. The minimum Gasteiger partial charge on any atom is -0.389 e. The van der Waals surface area contributed by atoms with Crippen molar-refractivity contribution >= 4 is 17.3 Å². The first-order chi connectivity index (χ1) is 9.65. The summed E-state index contributed by atoms with van der Waals surface area (Å²) in [6.07, 6.45) is 4.94. The number of aliphatic hydroxyl groups excluding tert-OH is 1. The standard InChI is InChI=1S/C13H21N5O2/c1-4-14-11-8-18-6-5-15-12(18)13(16-11)17(2)7-10(19)9-20-3/h5-6,8,10,14,19H,4,7,9H2,1-3H3. The lowest BCUT2D eigenvalue weighted by Gasteiger charge is -2.22. The second kappa shape index (κ2) is 6.53. The molecule has 2 N–H and O–H groups in total. The van der Waals surface area contributed by atoms with E-state index in [1.807, 2.05) is 35.7 Å². The Labute approximate surface area is 118 Å². The molecular formula is C13H21N5O2. The number of imidazole rings is 1. The number of rotatable bonds is 7. The molecule has 0 aliphatic carbocycles. The molecule has 2 rings (SSSR count). The summed E-state index contributed by atoms with van der Waals surface area (Å²) >= 11 is 0. The van der Waals surface area contributed by atoms with E-state index in [9.17, 15) is 5.11 Å². The fourth-order valence-corrected chi connectivity index (χ4v) is 2.09. The molecular weight excluding hydrogens is 258 g/mol. The van der Waals surface area contributed by atoms with Gasteiger partial charge < -0.3 is 24.5 Å². The molecule has 0 saturated heterocycles. The van der Waals surface area contributed by atoms with Gasteiger partial charge in [-0.2, -0.15) is 0 Å². The number of aromatic nitrogens is 3. The van der Waals surface area contributed by atoms with E-state index in [1.54, 1.807) is 13.3 Å². The lowest BCUT2D eigenvalue weighted by molar-refractivity contribution is 0.0694. The first-order valence-electron chi connectivity index (χ1n) is 6.61. The van der Waals surface area contributed by atoms with Gasteiger partial charge in [0, 0.05) is 39.6 Å². The van der Waals surface area contributed by atoms with Crippen LogP contribution in [-0.2, 0) is 4.74 Å². The number of hydrogen-bond acceptors (Lipinski definition) is 6. The fraction of sp³-hybridized carbons (Fsp3) is 0.538. The van der Waals surface area contributed by atoms with Crippen molar-refractivity contribution in [2.75, 3.05) is 44.1 Å². The van der Waals surface area contributed by atoms with E-state index in [2.05, 4.69) is 15.3 Å². The first-order valence-corrected chi connectivity index (χ1v) is 6.61. The quantitative estimate of drug-likeness (QED) is 0.773. The van der Waals surface area contributed by atoms with E-state index in [0.717, 1.165) is 23.8 Å². The van der Waals surface area contributed by atoms with Crippen LogP contribution < -0.4 is 10.2 Å². The number of hydrogen-bond donors (Lipinski definition) is 2. The Bertz CT molecular complexity index is 557. The summed E-state index contributed by atoms with van der Waals surface area (Å²) in [4.78, 5) is 10.7. The third-order valence-corrected chi connectivity index (χ3v) is 2.92. The number of anilines is 2. The molecule has 0 radical (unpaired) electrons. The SMILES string of the molecule is CCNc1cn2ccnc2c(N(C)CC(O)COC)n1. The largest absolute Gasteiger partial charge is 0.389 e. The third-order valence-electron chi connectivity index (χ3n) is 2.92. The number of fused-ring (bicyclic) bond motifs is 1. The smallest absolute Gasteiger partial charge is 0.180 e. The molecule has 0 spiro atoms. The summed E-state index contributed by atoms with van der Waals surface area (Å²) in [6.45, 7) is 3.54. The Morgan fingerprint density at radius 1 is 1.55 bits per heavy atom. The summed E-state index contributed by atoms with van der Waals surface area (Å²) in [5.74, 6) is 1.50. The van der Waals surface area contributed by atoms with Crippen molar-refractivity contribution in [2.45, 2.75) is 13.0 Å². The van der Waals surface area contributed by atoms with E-state index in [4.69, 9.17) is 4.74 Å². The predicted octanol–water partition coefficient (Wildman–Crippen LogP) is 0.605. The van der Waals surface area contributed by atoms with Crippen LogP contribution in [0.25, 0.3) is 5.65 Å². The lowest BCUT2D eigenvalue weighted by atomic mass is 10.3. The van der Waals surface area contributed by atoms with Gasteiger partial charge in [0.15, 0.2) is 11.5 Å². The number of methoxy groups -OCH3 is 1. The maximum Gasteiger partial charge on any atom is 0.180 e. The van der Waals surface area contributed by atoms with Gasteiger partial charge in [-0.25, -0.2) is 9.97 Å². The summed E-state index contributed by atoms with van der Waals surface area (Å²) in [5, 5.41) is 13.0. The van der Waals surface area contributed by atoms with E-state index >= 15 is 0 Å². The molecule has 7 nitrogen and oxygen atoms in total. The van der Waals surface area contributed by atoms with Crippen LogP contribution in [-0.4, -0.2) is 59.4 Å². The third kappa shape index (κ3) is 3.17. The zero-order valence-electron chi connectivity index (χ0n) is 12.1. The van der Waals surface area contributed by atoms with Crippen LogP contribution in [0.5, 0.6) is 0 Å². The van der Waals surface area contributed by atoms with E-state index < -0.39 is 6.10 Å². The van der Waals surface area contributed by atoms with Gasteiger partial charge >= 0.3 is 0 Å². The second-order valence-corrected chi connectivity index (χ2v) is 4.63. The molecule has 110 valence electrons. The number of aliphatic hydroxyl groups is 1. The van der Waals surface area contributed by atoms with Crippen molar-refractivity contribution < 1.29 is 9.84 Å². The van der Waals surface area contributed by atoms with Gasteiger partial charge in [-0.15, -0.1) is 0 Å². The van der Waals surface area contributed by atoms with E-state index in [1.165, 1.54) is 0 Å². The highest BCUT2D eigenvalue weighted by molar-refractivity contribution is 5.66. The number of ether oxygens (including phenoxy) is 1. The van der Waals surface area contributed by atoms with Crippen LogP contribution in [0.1, 0.15) is 6.92 Å². The molecule has 1 unspecified atom stereocenters. The van der Waals surface area contributed by atoms with Crippen molar-refractivity contribution in [3.05, 3.63) is 18.6 Å². The average Bonchev–Trinajstić information content (AvgIpc) is 2.86. The van der Waals surface area contributed by atoms with Gasteiger partial charge in [0.1, 0.15) is 5.82 Å². The molecule has 0 aliphatic rings. The Morgan fingerprint density at radius 2 is 2.35 bits per heavy atom. The van der Waals surface area contributed by atoms with Crippen molar-refractivity contribution in [3.63, 3.8) is 0 Å². The van der Waals surface area contributed by atoms with Gasteiger partial charge in [0.2, 0.25) is 0 Å². The minimum atomic E-state index is -0.565. The molecule has 20 heavy (non-hydrogen) atoms. The fourth-order valence-electron chi connectivity index (χ4n) is 2.09. The maximum atomic E-state index is 9.84. The minimum absolute atomic E-state index is 0.294. The van der Waals surface area contributed by atoms with Crippen molar-refractivity contribution in [1.82, 2.24) is 14.4 Å². The summed E-state index contributed by atoms with van der Waals surface area (Å²) in [5.41, 5.74) is 0.763. The first kappa shape index (κ1) is 14.5. The number of nitrogens with one attached hydrogen (secondary N) is 1. The van der Waals surface area contributed by atoms with Gasteiger partial charge in [-0.3, -0.25) is 0 Å². The van der Waals surface area contributed by atoms with E-state index in [0.29, 0.717) is 13.2 Å². The Kier molecular flexibility index (Phi) is 4.75. The molecule has 0 saturated carbocycles. The van der Waals surface area contributed by atoms with Crippen LogP contribution in [0.4, 0.5) is 11.6 Å². The van der Waals surface area contributed by atoms with Crippen molar-refractivity contribution in [3.8, 4) is 0 Å². The Morgan fingerprint density at radius 3 is 3.05 bits per heavy atom. The molecule has 0 aromatic carbocycles. The molecule has 0 fully saturated rings. The highest BCUT2D eigenvalue weighted by Crippen LogP contribution is 2.19. The molecule has 2 aromatic heterocycles. The van der Waals surface area contributed by atoms with Crippen LogP contribution >= 0.6 is 0 Å². The topological polar surface area (TPSA) is 74.9 Å². The molecule has 2 heterocycles. The Balaban J connectivity index is 2.28. The zero-order valence-corrected chi connectivity index (χ0v) is 12.1. The molecule has 7 heteroatoms. The number of nitrogens with zero attached hydrogens (tertiary/aromatic N) is 4. The molecule has 0 bridgehead atoms. The highest BCUT2D eigenvalue weighted by Gasteiger charge is 2.15. The van der Waals surface area contributed by atoms with Crippen LogP contribution in [0.3, 0.4) is 0 Å². The van der Waals surface area contributed by atoms with Crippen LogP contribution in [0.2, 0.25) is 0 Å². The van der Waals surface area contributed by atoms with Gasteiger partial charge in [-0.05, 0) is 6.92 Å². The van der Waals surface area contributed by atoms with E-state index in [-0.39, 0.29) is 0 Å².